The standard InChI is InChI=1S/C37H29N3O9/c38-32(41)29-33(42)40(21-27(39-29)23-13-5-1-6-14-23)34-31(49-37(45)26-19-11-4-12-20-26)30(48-36(44)25-17-9-3-10-18-25)28(47-34)22-46-35(43)24-15-7-2-8-16-24/h1-21,28,30-31,34H,22H2,(H2,38,41)/t28-,30-,31?,34-/m1/s1. The smallest absolute Gasteiger partial charge is 0.338 e. The van der Waals surface area contributed by atoms with Crippen molar-refractivity contribution in [3.05, 3.63) is 160 Å². The molecule has 4 atom stereocenters. The fourth-order valence-electron chi connectivity index (χ4n) is 5.29. The zero-order chi connectivity index (χ0) is 34.3. The summed E-state index contributed by atoms with van der Waals surface area (Å²) < 4.78 is 24.8. The molecule has 246 valence electrons. The predicted octanol–water partition coefficient (Wildman–Crippen LogP) is 4.21. The van der Waals surface area contributed by atoms with Crippen LogP contribution in [0.15, 0.2) is 132 Å². The number of hydrogen-bond acceptors (Lipinski definition) is 10. The van der Waals surface area contributed by atoms with Crippen LogP contribution in [0, 0.1) is 0 Å². The van der Waals surface area contributed by atoms with Crippen molar-refractivity contribution in [2.24, 2.45) is 5.73 Å². The molecule has 5 aromatic rings. The van der Waals surface area contributed by atoms with Gasteiger partial charge in [0.25, 0.3) is 11.5 Å². The summed E-state index contributed by atoms with van der Waals surface area (Å²) in [6.07, 6.45) is -4.34. The maximum Gasteiger partial charge on any atom is 0.338 e. The molecule has 0 radical (unpaired) electrons. The van der Waals surface area contributed by atoms with Crippen molar-refractivity contribution in [2.45, 2.75) is 24.5 Å². The van der Waals surface area contributed by atoms with Crippen molar-refractivity contribution in [3.63, 3.8) is 0 Å². The molecule has 0 aliphatic carbocycles. The average Bonchev–Trinajstić information content (AvgIpc) is 3.47. The fourth-order valence-corrected chi connectivity index (χ4v) is 5.29. The molecular weight excluding hydrogens is 630 g/mol. The molecule has 1 saturated heterocycles. The Morgan fingerprint density at radius 2 is 1.14 bits per heavy atom. The Hall–Kier alpha value is -6.40. The van der Waals surface area contributed by atoms with Crippen LogP contribution in [-0.4, -0.2) is 58.3 Å². The number of carbonyl (C=O) groups excluding carboxylic acids is 4. The first-order valence-electron chi connectivity index (χ1n) is 15.2. The van der Waals surface area contributed by atoms with Crippen LogP contribution in [0.5, 0.6) is 0 Å². The van der Waals surface area contributed by atoms with Crippen LogP contribution in [-0.2, 0) is 18.9 Å². The largest absolute Gasteiger partial charge is 0.459 e. The number of esters is 3. The molecule has 4 aromatic carbocycles. The minimum atomic E-state index is -1.50. The highest BCUT2D eigenvalue weighted by Gasteiger charge is 2.52. The SMILES string of the molecule is NC(=O)c1nc(-c2ccccc2)cn([C@@H]2O[C@H](COC(=O)c3ccccc3)[C@@H](OC(=O)c3ccccc3)C2OC(=O)c2ccccc2)c1=O. The quantitative estimate of drug-likeness (QED) is 0.169. The third-order valence-corrected chi connectivity index (χ3v) is 7.69. The second-order valence-electron chi connectivity index (χ2n) is 10.9. The molecule has 0 saturated carbocycles. The molecule has 12 heteroatoms. The molecule has 2 heterocycles. The average molecular weight is 660 g/mol. The van der Waals surface area contributed by atoms with Crippen LogP contribution in [0.25, 0.3) is 11.3 Å². The number of carbonyl (C=O) groups is 4. The van der Waals surface area contributed by atoms with E-state index in [9.17, 15) is 24.0 Å². The Balaban J connectivity index is 1.44. The van der Waals surface area contributed by atoms with E-state index >= 15 is 0 Å². The fraction of sp³-hybridized carbons (Fsp3) is 0.135. The van der Waals surface area contributed by atoms with Crippen molar-refractivity contribution in [2.75, 3.05) is 6.61 Å². The van der Waals surface area contributed by atoms with Gasteiger partial charge in [0, 0.05) is 11.8 Å². The van der Waals surface area contributed by atoms with E-state index < -0.39 is 66.2 Å². The van der Waals surface area contributed by atoms with Gasteiger partial charge in [-0.2, -0.15) is 0 Å². The van der Waals surface area contributed by atoms with E-state index in [0.717, 1.165) is 4.57 Å². The lowest BCUT2D eigenvalue weighted by Crippen LogP contribution is -2.43. The summed E-state index contributed by atoms with van der Waals surface area (Å²) in [5.74, 6) is -3.41. The predicted molar refractivity (Wildman–Crippen MR) is 174 cm³/mol. The first-order valence-corrected chi connectivity index (χ1v) is 15.2. The van der Waals surface area contributed by atoms with Gasteiger partial charge in [0.2, 0.25) is 0 Å². The summed E-state index contributed by atoms with van der Waals surface area (Å²) in [4.78, 5) is 70.3. The van der Waals surface area contributed by atoms with E-state index in [1.165, 1.54) is 30.5 Å². The molecule has 6 rings (SSSR count). The highest BCUT2D eigenvalue weighted by atomic mass is 16.7. The van der Waals surface area contributed by atoms with E-state index in [1.807, 2.05) is 0 Å². The Kier molecular flexibility index (Phi) is 9.68. The van der Waals surface area contributed by atoms with Crippen molar-refractivity contribution in [1.29, 1.82) is 0 Å². The maximum absolute atomic E-state index is 13.8. The lowest BCUT2D eigenvalue weighted by Gasteiger charge is -2.25. The van der Waals surface area contributed by atoms with E-state index in [1.54, 1.807) is 97.1 Å². The van der Waals surface area contributed by atoms with Crippen LogP contribution >= 0.6 is 0 Å². The van der Waals surface area contributed by atoms with Crippen molar-refractivity contribution < 1.29 is 38.1 Å². The summed E-state index contributed by atoms with van der Waals surface area (Å²) in [5.41, 5.74) is 5.34. The van der Waals surface area contributed by atoms with Crippen LogP contribution in [0.4, 0.5) is 0 Å². The topological polar surface area (TPSA) is 166 Å². The second kappa shape index (κ2) is 14.6. The molecule has 1 aliphatic rings. The molecule has 12 nitrogen and oxygen atoms in total. The van der Waals surface area contributed by atoms with Gasteiger partial charge in [-0.3, -0.25) is 14.2 Å². The minimum Gasteiger partial charge on any atom is -0.459 e. The number of rotatable bonds is 10. The molecule has 1 unspecified atom stereocenters. The highest BCUT2D eigenvalue weighted by Crippen LogP contribution is 2.35. The van der Waals surface area contributed by atoms with Crippen molar-refractivity contribution in [3.8, 4) is 11.3 Å². The number of nitrogens with two attached hydrogens (primary N) is 1. The molecule has 1 aromatic heterocycles. The third kappa shape index (κ3) is 7.29. The lowest BCUT2D eigenvalue weighted by molar-refractivity contribution is -0.0635. The van der Waals surface area contributed by atoms with Crippen LogP contribution in [0.3, 0.4) is 0 Å². The van der Waals surface area contributed by atoms with Gasteiger partial charge in [-0.05, 0) is 36.4 Å². The summed E-state index contributed by atoms with van der Waals surface area (Å²) in [5, 5.41) is 0. The number of nitrogens with zero attached hydrogens (tertiary/aromatic N) is 2. The number of hydrogen-bond donors (Lipinski definition) is 1. The first-order chi connectivity index (χ1) is 23.8. The Morgan fingerprint density at radius 1 is 0.673 bits per heavy atom. The van der Waals surface area contributed by atoms with E-state index in [0.29, 0.717) is 5.56 Å². The Morgan fingerprint density at radius 3 is 1.65 bits per heavy atom. The lowest BCUT2D eigenvalue weighted by atomic mass is 10.1. The molecule has 2 N–H and O–H groups in total. The number of amides is 1. The Labute approximate surface area is 279 Å². The highest BCUT2D eigenvalue weighted by molar-refractivity contribution is 5.92. The minimum absolute atomic E-state index is 0.165. The third-order valence-electron chi connectivity index (χ3n) is 7.69. The number of ether oxygens (including phenoxy) is 4. The van der Waals surface area contributed by atoms with E-state index in [4.69, 9.17) is 24.7 Å². The monoisotopic (exact) mass is 659 g/mol. The van der Waals surface area contributed by atoms with Gasteiger partial charge in [-0.25, -0.2) is 19.4 Å². The maximum atomic E-state index is 13.8. The molecule has 1 fully saturated rings. The number of benzene rings is 4. The van der Waals surface area contributed by atoms with Gasteiger partial charge in [0.05, 0.1) is 22.4 Å². The first kappa shape index (κ1) is 32.5. The van der Waals surface area contributed by atoms with E-state index in [2.05, 4.69) is 4.98 Å². The van der Waals surface area contributed by atoms with Gasteiger partial charge < -0.3 is 24.7 Å². The van der Waals surface area contributed by atoms with Crippen LogP contribution in [0.1, 0.15) is 47.8 Å². The normalized spacial score (nSPS) is 18.3. The van der Waals surface area contributed by atoms with Gasteiger partial charge in [-0.15, -0.1) is 0 Å². The van der Waals surface area contributed by atoms with Crippen LogP contribution < -0.4 is 11.3 Å². The van der Waals surface area contributed by atoms with Crippen molar-refractivity contribution in [1.82, 2.24) is 9.55 Å². The zero-order valence-electron chi connectivity index (χ0n) is 25.8. The molecule has 1 aliphatic heterocycles. The second-order valence-corrected chi connectivity index (χ2v) is 10.9. The van der Waals surface area contributed by atoms with Gasteiger partial charge in [0.15, 0.2) is 24.1 Å². The molecule has 0 bridgehead atoms. The summed E-state index contributed by atoms with van der Waals surface area (Å²) in [6.45, 7) is -0.468. The Bertz CT molecular complexity index is 2020. The summed E-state index contributed by atoms with van der Waals surface area (Å²) in [7, 11) is 0. The molecule has 0 spiro atoms. The molecule has 1 amide bonds. The number of primary amides is 1. The van der Waals surface area contributed by atoms with E-state index in [-0.39, 0.29) is 22.4 Å². The van der Waals surface area contributed by atoms with Crippen LogP contribution in [0.2, 0.25) is 0 Å². The summed E-state index contributed by atoms with van der Waals surface area (Å²) in [6, 6.07) is 33.0. The van der Waals surface area contributed by atoms with Gasteiger partial charge >= 0.3 is 17.9 Å². The van der Waals surface area contributed by atoms with Gasteiger partial charge in [0.1, 0.15) is 12.7 Å². The summed E-state index contributed by atoms with van der Waals surface area (Å²) >= 11 is 0. The van der Waals surface area contributed by atoms with Gasteiger partial charge in [-0.1, -0.05) is 84.9 Å². The van der Waals surface area contributed by atoms with Crippen molar-refractivity contribution >= 4 is 23.8 Å². The molecule has 49 heavy (non-hydrogen) atoms. The molecular formula is C37H29N3O9. The zero-order valence-corrected chi connectivity index (χ0v) is 25.8. The number of aromatic nitrogens is 2.